The Hall–Kier alpha value is -0.420. The predicted octanol–water partition coefficient (Wildman–Crippen LogP) is 2.17. The first kappa shape index (κ1) is 15.0. The van der Waals surface area contributed by atoms with Crippen molar-refractivity contribution in [2.45, 2.75) is 32.4 Å². The first-order valence-corrected chi connectivity index (χ1v) is 8.17. The van der Waals surface area contributed by atoms with Crippen LogP contribution in [0.4, 0.5) is 0 Å². The van der Waals surface area contributed by atoms with Crippen molar-refractivity contribution in [3.8, 4) is 0 Å². The van der Waals surface area contributed by atoms with Gasteiger partial charge in [-0.15, -0.1) is 11.3 Å². The van der Waals surface area contributed by atoms with Gasteiger partial charge in [-0.2, -0.15) is 0 Å². The number of likely N-dealkylation sites (N-methyl/N-ethyl adjacent to an activating group) is 2. The third kappa shape index (κ3) is 4.56. The molecule has 1 atom stereocenters. The van der Waals surface area contributed by atoms with Crippen LogP contribution < -0.4 is 5.32 Å². The second-order valence-electron chi connectivity index (χ2n) is 5.74. The molecule has 3 nitrogen and oxygen atoms in total. The molecule has 4 heteroatoms. The summed E-state index contributed by atoms with van der Waals surface area (Å²) in [7, 11) is 4.50. The molecular weight excluding hydrogens is 254 g/mol. The largest absolute Gasteiger partial charge is 0.311 e. The minimum absolute atomic E-state index is 0.740. The van der Waals surface area contributed by atoms with Crippen LogP contribution >= 0.6 is 11.3 Å². The predicted molar refractivity (Wildman–Crippen MR) is 83.9 cm³/mol. The summed E-state index contributed by atoms with van der Waals surface area (Å²) in [6.45, 7) is 7.91. The SMILES string of the molecule is Cc1ccsc1CNCCN(C)C1CCCN(C)C1. The molecule has 1 saturated heterocycles. The zero-order chi connectivity index (χ0) is 13.7. The quantitative estimate of drug-likeness (QED) is 0.806. The van der Waals surface area contributed by atoms with E-state index in [4.69, 9.17) is 0 Å². The summed E-state index contributed by atoms with van der Waals surface area (Å²) >= 11 is 1.85. The fourth-order valence-electron chi connectivity index (χ4n) is 2.72. The average molecular weight is 281 g/mol. The van der Waals surface area contributed by atoms with E-state index in [2.05, 4.69) is 47.6 Å². The molecular formula is C15H27N3S. The number of thiophene rings is 1. The van der Waals surface area contributed by atoms with E-state index >= 15 is 0 Å². The molecule has 1 fully saturated rings. The normalized spacial score (nSPS) is 21.2. The van der Waals surface area contributed by atoms with Crippen molar-refractivity contribution in [3.63, 3.8) is 0 Å². The maximum atomic E-state index is 3.56. The Balaban J connectivity index is 1.63. The van der Waals surface area contributed by atoms with Gasteiger partial charge in [0.25, 0.3) is 0 Å². The lowest BCUT2D eigenvalue weighted by molar-refractivity contribution is 0.135. The number of aryl methyl sites for hydroxylation is 1. The zero-order valence-electron chi connectivity index (χ0n) is 12.5. The summed E-state index contributed by atoms with van der Waals surface area (Å²) < 4.78 is 0. The summed E-state index contributed by atoms with van der Waals surface area (Å²) in [5.74, 6) is 0. The van der Waals surface area contributed by atoms with Crippen LogP contribution in [0.1, 0.15) is 23.3 Å². The summed E-state index contributed by atoms with van der Waals surface area (Å²) in [4.78, 5) is 6.44. The van der Waals surface area contributed by atoms with E-state index in [-0.39, 0.29) is 0 Å². The molecule has 2 rings (SSSR count). The van der Waals surface area contributed by atoms with Crippen molar-refractivity contribution in [2.24, 2.45) is 0 Å². The number of piperidine rings is 1. The highest BCUT2D eigenvalue weighted by atomic mass is 32.1. The third-order valence-electron chi connectivity index (χ3n) is 4.12. The maximum Gasteiger partial charge on any atom is 0.0302 e. The lowest BCUT2D eigenvalue weighted by atomic mass is 10.1. The van der Waals surface area contributed by atoms with Gasteiger partial charge in [0.1, 0.15) is 0 Å². The van der Waals surface area contributed by atoms with E-state index in [1.54, 1.807) is 0 Å². The zero-order valence-corrected chi connectivity index (χ0v) is 13.3. The monoisotopic (exact) mass is 281 g/mol. The molecule has 1 unspecified atom stereocenters. The molecule has 0 bridgehead atoms. The van der Waals surface area contributed by atoms with Gasteiger partial charge in [0.2, 0.25) is 0 Å². The van der Waals surface area contributed by atoms with Gasteiger partial charge < -0.3 is 15.1 Å². The van der Waals surface area contributed by atoms with Crippen LogP contribution in [-0.2, 0) is 6.54 Å². The third-order valence-corrected chi connectivity index (χ3v) is 5.14. The number of nitrogens with one attached hydrogen (secondary N) is 1. The molecule has 0 aromatic carbocycles. The van der Waals surface area contributed by atoms with E-state index in [1.807, 2.05) is 11.3 Å². The van der Waals surface area contributed by atoms with Crippen molar-refractivity contribution in [1.82, 2.24) is 15.1 Å². The molecule has 1 aromatic heterocycles. The van der Waals surface area contributed by atoms with Crippen molar-refractivity contribution in [2.75, 3.05) is 40.3 Å². The van der Waals surface area contributed by atoms with Crippen molar-refractivity contribution in [1.29, 1.82) is 0 Å². The summed E-state index contributed by atoms with van der Waals surface area (Å²) in [5.41, 5.74) is 1.42. The minimum Gasteiger partial charge on any atom is -0.311 e. The number of nitrogens with zero attached hydrogens (tertiary/aromatic N) is 2. The van der Waals surface area contributed by atoms with Crippen LogP contribution in [-0.4, -0.2) is 56.1 Å². The molecule has 0 saturated carbocycles. The van der Waals surface area contributed by atoms with Gasteiger partial charge in [-0.1, -0.05) is 0 Å². The lowest BCUT2D eigenvalue weighted by Crippen LogP contribution is -2.46. The van der Waals surface area contributed by atoms with E-state index in [0.717, 1.165) is 25.7 Å². The lowest BCUT2D eigenvalue weighted by Gasteiger charge is -2.35. The first-order valence-electron chi connectivity index (χ1n) is 7.29. The second-order valence-corrected chi connectivity index (χ2v) is 6.74. The Morgan fingerprint density at radius 1 is 1.53 bits per heavy atom. The maximum absolute atomic E-state index is 3.56. The van der Waals surface area contributed by atoms with E-state index in [1.165, 1.54) is 36.4 Å². The molecule has 108 valence electrons. The topological polar surface area (TPSA) is 18.5 Å². The van der Waals surface area contributed by atoms with E-state index in [9.17, 15) is 0 Å². The first-order chi connectivity index (χ1) is 9.16. The molecule has 1 aliphatic rings. The molecule has 1 aliphatic heterocycles. The van der Waals surface area contributed by atoms with E-state index in [0.29, 0.717) is 0 Å². The van der Waals surface area contributed by atoms with Gasteiger partial charge in [0.15, 0.2) is 0 Å². The molecule has 19 heavy (non-hydrogen) atoms. The molecule has 0 amide bonds. The molecule has 0 spiro atoms. The molecule has 1 N–H and O–H groups in total. The van der Waals surface area contributed by atoms with Gasteiger partial charge in [-0.3, -0.25) is 0 Å². The fraction of sp³-hybridized carbons (Fsp3) is 0.733. The van der Waals surface area contributed by atoms with Crippen LogP contribution in [0.15, 0.2) is 11.4 Å². The summed E-state index contributed by atoms with van der Waals surface area (Å²) in [5, 5.41) is 5.74. The summed E-state index contributed by atoms with van der Waals surface area (Å²) in [6.07, 6.45) is 2.69. The molecule has 0 aliphatic carbocycles. The minimum atomic E-state index is 0.740. The Kier molecular flexibility index (Phi) is 5.82. The standard InChI is InChI=1S/C15H27N3S/c1-13-6-10-19-15(13)11-16-7-9-18(3)14-5-4-8-17(2)12-14/h6,10,14,16H,4-5,7-9,11-12H2,1-3H3. The highest BCUT2D eigenvalue weighted by molar-refractivity contribution is 7.10. The van der Waals surface area contributed by atoms with Gasteiger partial charge >= 0.3 is 0 Å². The van der Waals surface area contributed by atoms with Gasteiger partial charge in [-0.25, -0.2) is 0 Å². The van der Waals surface area contributed by atoms with Crippen LogP contribution in [0.25, 0.3) is 0 Å². The number of hydrogen-bond donors (Lipinski definition) is 1. The van der Waals surface area contributed by atoms with Gasteiger partial charge in [0, 0.05) is 37.1 Å². The number of likely N-dealkylation sites (tertiary alicyclic amines) is 1. The fourth-order valence-corrected chi connectivity index (χ4v) is 3.60. The smallest absolute Gasteiger partial charge is 0.0302 e. The van der Waals surface area contributed by atoms with Crippen molar-refractivity contribution in [3.05, 3.63) is 21.9 Å². The Bertz CT molecular complexity index is 377. The van der Waals surface area contributed by atoms with Crippen molar-refractivity contribution >= 4 is 11.3 Å². The highest BCUT2D eigenvalue weighted by Gasteiger charge is 2.20. The van der Waals surface area contributed by atoms with Crippen LogP contribution in [0, 0.1) is 6.92 Å². The van der Waals surface area contributed by atoms with E-state index < -0.39 is 0 Å². The average Bonchev–Trinajstić information content (AvgIpc) is 2.80. The number of hydrogen-bond acceptors (Lipinski definition) is 4. The Morgan fingerprint density at radius 3 is 3.05 bits per heavy atom. The molecule has 1 aromatic rings. The Labute approximate surface area is 121 Å². The van der Waals surface area contributed by atoms with Crippen LogP contribution in [0.5, 0.6) is 0 Å². The second kappa shape index (κ2) is 7.39. The number of rotatable bonds is 6. The van der Waals surface area contributed by atoms with Crippen LogP contribution in [0.2, 0.25) is 0 Å². The summed E-state index contributed by atoms with van der Waals surface area (Å²) in [6, 6.07) is 2.94. The Morgan fingerprint density at radius 2 is 2.37 bits per heavy atom. The molecule has 0 radical (unpaired) electrons. The van der Waals surface area contributed by atoms with Crippen molar-refractivity contribution < 1.29 is 0 Å². The van der Waals surface area contributed by atoms with Gasteiger partial charge in [0.05, 0.1) is 0 Å². The van der Waals surface area contributed by atoms with Crippen LogP contribution in [0.3, 0.4) is 0 Å². The highest BCUT2D eigenvalue weighted by Crippen LogP contribution is 2.15. The van der Waals surface area contributed by atoms with Gasteiger partial charge in [-0.05, 0) is 57.4 Å². The molecule has 2 heterocycles.